The van der Waals surface area contributed by atoms with Gasteiger partial charge in [-0.3, -0.25) is 0 Å². The van der Waals surface area contributed by atoms with Gasteiger partial charge in [0.2, 0.25) is 0 Å². The Hall–Kier alpha value is -2.47. The molecule has 3 aromatic rings. The van der Waals surface area contributed by atoms with Crippen LogP contribution in [0.25, 0.3) is 5.65 Å². The molecule has 0 aliphatic rings. The number of nitrogen functional groups attached to an aromatic ring is 1. The Bertz CT molecular complexity index is 786. The van der Waals surface area contributed by atoms with Crippen LogP contribution in [-0.4, -0.2) is 21.5 Å². The van der Waals surface area contributed by atoms with Crippen molar-refractivity contribution in [2.45, 2.75) is 6.54 Å². The molecule has 0 fully saturated rings. The lowest BCUT2D eigenvalue weighted by atomic mass is 10.2. The molecule has 0 aliphatic heterocycles. The molecule has 6 nitrogen and oxygen atoms in total. The molecule has 21 heavy (non-hydrogen) atoms. The molecular weight excluding hydrogens is 290 g/mol. The summed E-state index contributed by atoms with van der Waals surface area (Å²) < 4.78 is 7.13. The number of hydrogen-bond acceptors (Lipinski definition) is 5. The summed E-state index contributed by atoms with van der Waals surface area (Å²) in [6, 6.07) is 5.52. The van der Waals surface area contributed by atoms with E-state index in [2.05, 4.69) is 15.3 Å². The quantitative estimate of drug-likeness (QED) is 0.774. The van der Waals surface area contributed by atoms with Gasteiger partial charge in [-0.1, -0.05) is 17.7 Å². The largest absolute Gasteiger partial charge is 0.496 e. The molecular formula is C14H14ClN5O. The zero-order chi connectivity index (χ0) is 14.8. The topological polar surface area (TPSA) is 77.5 Å². The van der Waals surface area contributed by atoms with Crippen LogP contribution in [0, 0.1) is 0 Å². The Morgan fingerprint density at radius 1 is 1.43 bits per heavy atom. The highest BCUT2D eigenvalue weighted by molar-refractivity contribution is 6.31. The highest BCUT2D eigenvalue weighted by Gasteiger charge is 2.10. The lowest BCUT2D eigenvalue weighted by Crippen LogP contribution is -2.07. The predicted octanol–water partition coefficient (Wildman–Crippen LogP) is 2.59. The van der Waals surface area contributed by atoms with Crippen molar-refractivity contribution in [1.29, 1.82) is 0 Å². The van der Waals surface area contributed by atoms with Crippen LogP contribution in [-0.2, 0) is 6.54 Å². The maximum absolute atomic E-state index is 6.22. The Morgan fingerprint density at radius 2 is 2.29 bits per heavy atom. The number of nitrogens with one attached hydrogen (secondary N) is 1. The maximum atomic E-state index is 6.22. The number of methoxy groups -OCH3 is 1. The van der Waals surface area contributed by atoms with Crippen molar-refractivity contribution in [1.82, 2.24) is 14.4 Å². The normalized spacial score (nSPS) is 10.8. The molecule has 1 aromatic carbocycles. The molecule has 0 unspecified atom stereocenters. The van der Waals surface area contributed by atoms with E-state index in [4.69, 9.17) is 22.1 Å². The molecule has 0 saturated carbocycles. The van der Waals surface area contributed by atoms with Crippen molar-refractivity contribution in [3.05, 3.63) is 47.4 Å². The van der Waals surface area contributed by atoms with Gasteiger partial charge in [0, 0.05) is 29.5 Å². The summed E-state index contributed by atoms with van der Waals surface area (Å²) in [7, 11) is 1.61. The van der Waals surface area contributed by atoms with Crippen molar-refractivity contribution in [2.75, 3.05) is 18.2 Å². The van der Waals surface area contributed by atoms with Crippen molar-refractivity contribution < 1.29 is 4.74 Å². The number of halogens is 1. The van der Waals surface area contributed by atoms with E-state index in [-0.39, 0.29) is 0 Å². The predicted molar refractivity (Wildman–Crippen MR) is 82.7 cm³/mol. The second kappa shape index (κ2) is 5.49. The third kappa shape index (κ3) is 2.57. The zero-order valence-electron chi connectivity index (χ0n) is 11.4. The second-order valence-corrected chi connectivity index (χ2v) is 4.85. The molecule has 0 atom stereocenters. The summed E-state index contributed by atoms with van der Waals surface area (Å²) in [6.07, 6.45) is 5.22. The molecule has 0 spiro atoms. The zero-order valence-corrected chi connectivity index (χ0v) is 12.1. The van der Waals surface area contributed by atoms with Crippen molar-refractivity contribution >= 4 is 28.9 Å². The smallest absolute Gasteiger partial charge is 0.180 e. The number of imidazole rings is 1. The Morgan fingerprint density at radius 3 is 3.10 bits per heavy atom. The molecule has 3 rings (SSSR count). The monoisotopic (exact) mass is 303 g/mol. The molecule has 7 heteroatoms. The van der Waals surface area contributed by atoms with Gasteiger partial charge in [0.05, 0.1) is 13.3 Å². The number of rotatable bonds is 4. The SMILES string of the molecule is COc1cccc(Cl)c1CNc1nc(N)cn2ccnc12. The first-order valence-electron chi connectivity index (χ1n) is 6.33. The summed E-state index contributed by atoms with van der Waals surface area (Å²) in [5.41, 5.74) is 7.35. The van der Waals surface area contributed by atoms with Gasteiger partial charge in [0.25, 0.3) is 0 Å². The standard InChI is InChI=1S/C14H14ClN5O/c1-21-11-4-2-3-10(15)9(11)7-18-13-14-17-5-6-20(14)8-12(16)19-13/h2-6,8H,7,16H2,1H3,(H,18,19). The minimum absolute atomic E-state index is 0.411. The fourth-order valence-corrected chi connectivity index (χ4v) is 2.38. The third-order valence-electron chi connectivity index (χ3n) is 3.12. The van der Waals surface area contributed by atoms with E-state index < -0.39 is 0 Å². The molecule has 0 radical (unpaired) electrons. The Balaban J connectivity index is 1.92. The number of ether oxygens (including phenoxy) is 1. The first kappa shape index (κ1) is 13.5. The van der Waals surface area contributed by atoms with Crippen molar-refractivity contribution in [2.24, 2.45) is 0 Å². The lowest BCUT2D eigenvalue weighted by molar-refractivity contribution is 0.410. The summed E-state index contributed by atoms with van der Waals surface area (Å²) in [6.45, 7) is 0.460. The third-order valence-corrected chi connectivity index (χ3v) is 3.48. The average Bonchev–Trinajstić information content (AvgIpc) is 2.93. The number of nitrogens with two attached hydrogens (primary N) is 1. The van der Waals surface area contributed by atoms with Crippen LogP contribution >= 0.6 is 11.6 Å². The molecule has 2 aromatic heterocycles. The Labute approximate surface area is 126 Å². The first-order valence-corrected chi connectivity index (χ1v) is 6.71. The van der Waals surface area contributed by atoms with Gasteiger partial charge >= 0.3 is 0 Å². The van der Waals surface area contributed by atoms with Crippen LogP contribution in [0.1, 0.15) is 5.56 Å². The van der Waals surface area contributed by atoms with Crippen molar-refractivity contribution in [3.8, 4) is 5.75 Å². The maximum Gasteiger partial charge on any atom is 0.180 e. The lowest BCUT2D eigenvalue weighted by Gasteiger charge is -2.12. The highest BCUT2D eigenvalue weighted by atomic mass is 35.5. The number of benzene rings is 1. The molecule has 0 aliphatic carbocycles. The molecule has 0 amide bonds. The van der Waals surface area contributed by atoms with E-state index >= 15 is 0 Å². The van der Waals surface area contributed by atoms with Gasteiger partial charge in [-0.25, -0.2) is 9.97 Å². The molecule has 3 N–H and O–H groups in total. The minimum Gasteiger partial charge on any atom is -0.496 e. The van der Waals surface area contributed by atoms with Gasteiger partial charge in [-0.05, 0) is 12.1 Å². The van der Waals surface area contributed by atoms with Gasteiger partial charge in [0.15, 0.2) is 11.5 Å². The van der Waals surface area contributed by atoms with E-state index in [1.807, 2.05) is 28.8 Å². The average molecular weight is 304 g/mol. The highest BCUT2D eigenvalue weighted by Crippen LogP contribution is 2.27. The van der Waals surface area contributed by atoms with Crippen LogP contribution in [0.4, 0.5) is 11.6 Å². The summed E-state index contributed by atoms with van der Waals surface area (Å²) in [5.74, 6) is 1.73. The molecule has 108 valence electrons. The number of aromatic nitrogens is 3. The second-order valence-electron chi connectivity index (χ2n) is 4.45. The molecule has 0 bridgehead atoms. The van der Waals surface area contributed by atoms with Gasteiger partial charge in [-0.15, -0.1) is 0 Å². The molecule has 0 saturated heterocycles. The van der Waals surface area contributed by atoms with Gasteiger partial charge in [-0.2, -0.15) is 0 Å². The minimum atomic E-state index is 0.411. The first-order chi connectivity index (χ1) is 10.2. The summed E-state index contributed by atoms with van der Waals surface area (Å²) in [4.78, 5) is 8.53. The Kier molecular flexibility index (Phi) is 3.53. The van der Waals surface area contributed by atoms with Crippen LogP contribution in [0.15, 0.2) is 36.8 Å². The van der Waals surface area contributed by atoms with E-state index in [1.165, 1.54) is 0 Å². The number of anilines is 2. The van der Waals surface area contributed by atoms with Crippen molar-refractivity contribution in [3.63, 3.8) is 0 Å². The fourth-order valence-electron chi connectivity index (χ4n) is 2.14. The number of fused-ring (bicyclic) bond motifs is 1. The molecule has 2 heterocycles. The summed E-state index contributed by atoms with van der Waals surface area (Å²) >= 11 is 6.22. The van der Waals surface area contributed by atoms with Crippen LogP contribution in [0.3, 0.4) is 0 Å². The van der Waals surface area contributed by atoms with Crippen LogP contribution < -0.4 is 15.8 Å². The van der Waals surface area contributed by atoms with Crippen LogP contribution in [0.5, 0.6) is 5.75 Å². The van der Waals surface area contributed by atoms with Gasteiger partial charge in [0.1, 0.15) is 11.6 Å². The number of nitrogens with zero attached hydrogens (tertiary/aromatic N) is 3. The van der Waals surface area contributed by atoms with E-state index in [1.54, 1.807) is 19.5 Å². The van der Waals surface area contributed by atoms with E-state index in [0.29, 0.717) is 28.9 Å². The van der Waals surface area contributed by atoms with Crippen LogP contribution in [0.2, 0.25) is 5.02 Å². The van der Waals surface area contributed by atoms with E-state index in [0.717, 1.165) is 11.3 Å². The fraction of sp³-hybridized carbons (Fsp3) is 0.143. The van der Waals surface area contributed by atoms with E-state index in [9.17, 15) is 0 Å². The number of hydrogen-bond donors (Lipinski definition) is 2. The van der Waals surface area contributed by atoms with Gasteiger partial charge < -0.3 is 20.2 Å². The summed E-state index contributed by atoms with van der Waals surface area (Å²) in [5, 5.41) is 3.84.